The van der Waals surface area contributed by atoms with Crippen LogP contribution in [0.5, 0.6) is 0 Å². The Morgan fingerprint density at radius 3 is 2.65 bits per heavy atom. The summed E-state index contributed by atoms with van der Waals surface area (Å²) < 4.78 is 6.89. The van der Waals surface area contributed by atoms with Gasteiger partial charge >= 0.3 is 5.97 Å². The molecule has 2 N–H and O–H groups in total. The number of hydrogen-bond donors (Lipinski definition) is 2. The summed E-state index contributed by atoms with van der Waals surface area (Å²) in [7, 11) is 0. The first-order valence-electron chi connectivity index (χ1n) is 9.60. The molecule has 162 valence electrons. The van der Waals surface area contributed by atoms with Gasteiger partial charge in [0, 0.05) is 11.6 Å². The van der Waals surface area contributed by atoms with Crippen LogP contribution in [0.25, 0.3) is 0 Å². The third-order valence-electron chi connectivity index (χ3n) is 4.35. The van der Waals surface area contributed by atoms with E-state index >= 15 is 0 Å². The fourth-order valence-corrected chi connectivity index (χ4v) is 3.79. The van der Waals surface area contributed by atoms with Gasteiger partial charge in [0.25, 0.3) is 0 Å². The Morgan fingerprint density at radius 1 is 1.19 bits per heavy atom. The van der Waals surface area contributed by atoms with Crippen molar-refractivity contribution in [2.24, 2.45) is 0 Å². The molecule has 2 aromatic carbocycles. The van der Waals surface area contributed by atoms with Crippen molar-refractivity contribution in [3.8, 4) is 0 Å². The lowest BCUT2D eigenvalue weighted by Gasteiger charge is -2.12. The number of nitrogens with one attached hydrogen (secondary N) is 1. The number of imidazole rings is 1. The van der Waals surface area contributed by atoms with Crippen molar-refractivity contribution >= 4 is 40.9 Å². The zero-order valence-corrected chi connectivity index (χ0v) is 18.4. The van der Waals surface area contributed by atoms with Crippen LogP contribution in [0.3, 0.4) is 0 Å². The minimum Gasteiger partial charge on any atom is -0.462 e. The number of amides is 1. The van der Waals surface area contributed by atoms with E-state index in [-0.39, 0.29) is 24.9 Å². The Morgan fingerprint density at radius 2 is 1.94 bits per heavy atom. The lowest BCUT2D eigenvalue weighted by Crippen LogP contribution is -2.18. The summed E-state index contributed by atoms with van der Waals surface area (Å²) in [5, 5.41) is 13.6. The lowest BCUT2D eigenvalue weighted by molar-refractivity contribution is -0.113. The number of esters is 1. The number of benzene rings is 2. The smallest absolute Gasteiger partial charge is 0.340 e. The molecule has 0 fully saturated rings. The van der Waals surface area contributed by atoms with Crippen molar-refractivity contribution in [1.82, 2.24) is 9.55 Å². The number of halogens is 1. The summed E-state index contributed by atoms with van der Waals surface area (Å²) in [5.74, 6) is -0.690. The number of carbonyl (C=O) groups is 2. The second-order valence-electron chi connectivity index (χ2n) is 6.51. The van der Waals surface area contributed by atoms with Gasteiger partial charge in [0.1, 0.15) is 0 Å². The number of carbonyl (C=O) groups excluding carboxylic acids is 2. The predicted octanol–water partition coefficient (Wildman–Crippen LogP) is 3.98. The van der Waals surface area contributed by atoms with Crippen molar-refractivity contribution in [2.75, 3.05) is 17.7 Å². The van der Waals surface area contributed by atoms with Gasteiger partial charge in [-0.2, -0.15) is 0 Å². The second-order valence-corrected chi connectivity index (χ2v) is 7.88. The number of hydrogen-bond acceptors (Lipinski definition) is 6. The van der Waals surface area contributed by atoms with Crippen LogP contribution in [-0.4, -0.2) is 38.9 Å². The van der Waals surface area contributed by atoms with E-state index in [0.717, 1.165) is 5.56 Å². The Hall–Kier alpha value is -2.81. The predicted molar refractivity (Wildman–Crippen MR) is 120 cm³/mol. The molecule has 0 aliphatic rings. The number of ether oxygens (including phenoxy) is 1. The quantitative estimate of drug-likeness (QED) is 0.371. The van der Waals surface area contributed by atoms with Gasteiger partial charge < -0.3 is 19.7 Å². The Kier molecular flexibility index (Phi) is 8.11. The summed E-state index contributed by atoms with van der Waals surface area (Å²) in [4.78, 5) is 28.9. The average molecular weight is 460 g/mol. The van der Waals surface area contributed by atoms with Gasteiger partial charge in [-0.15, -0.1) is 0 Å². The summed E-state index contributed by atoms with van der Waals surface area (Å²) in [5.41, 5.74) is 2.33. The number of aliphatic hydroxyl groups excluding tert-OH is 1. The molecule has 1 heterocycles. The molecule has 0 saturated heterocycles. The van der Waals surface area contributed by atoms with Gasteiger partial charge in [-0.3, -0.25) is 4.79 Å². The number of anilines is 1. The third-order valence-corrected chi connectivity index (χ3v) is 5.59. The lowest BCUT2D eigenvalue weighted by atomic mass is 10.2. The van der Waals surface area contributed by atoms with E-state index in [0.29, 0.717) is 33.7 Å². The van der Waals surface area contributed by atoms with Gasteiger partial charge in [0.05, 0.1) is 42.1 Å². The molecule has 0 bridgehead atoms. The van der Waals surface area contributed by atoms with E-state index < -0.39 is 5.97 Å². The molecule has 0 saturated carbocycles. The molecular weight excluding hydrogens is 438 g/mol. The molecule has 3 rings (SSSR count). The molecule has 0 spiro atoms. The van der Waals surface area contributed by atoms with Crippen LogP contribution < -0.4 is 5.32 Å². The number of aliphatic hydroxyl groups is 1. The van der Waals surface area contributed by atoms with Crippen LogP contribution in [0, 0.1) is 0 Å². The standard InChI is InChI=1S/C22H22ClN3O4S/c1-2-30-21(29)18-5-3-4-6-19(18)25-20(28)14-31-22-24-11-17(13-27)26(22)12-15-7-9-16(23)10-8-15/h3-11,27H,2,12-14H2,1H3,(H,25,28). The van der Waals surface area contributed by atoms with E-state index in [1.54, 1.807) is 49.5 Å². The van der Waals surface area contributed by atoms with E-state index in [1.165, 1.54) is 11.8 Å². The SMILES string of the molecule is CCOC(=O)c1ccccc1NC(=O)CSc1ncc(CO)n1Cc1ccc(Cl)cc1. The number of para-hydroxylation sites is 1. The highest BCUT2D eigenvalue weighted by Crippen LogP contribution is 2.22. The van der Waals surface area contributed by atoms with Crippen molar-refractivity contribution in [2.45, 2.75) is 25.2 Å². The molecule has 1 aromatic heterocycles. The highest BCUT2D eigenvalue weighted by molar-refractivity contribution is 7.99. The highest BCUT2D eigenvalue weighted by Gasteiger charge is 2.16. The summed E-state index contributed by atoms with van der Waals surface area (Å²) in [6.45, 7) is 2.30. The largest absolute Gasteiger partial charge is 0.462 e. The monoisotopic (exact) mass is 459 g/mol. The van der Waals surface area contributed by atoms with E-state index in [9.17, 15) is 14.7 Å². The second kappa shape index (κ2) is 11.0. The highest BCUT2D eigenvalue weighted by atomic mass is 35.5. The molecule has 0 radical (unpaired) electrons. The Labute approximate surface area is 189 Å². The van der Waals surface area contributed by atoms with Crippen molar-refractivity contribution in [3.05, 3.63) is 76.6 Å². The van der Waals surface area contributed by atoms with Crippen LogP contribution in [0.15, 0.2) is 59.9 Å². The molecule has 31 heavy (non-hydrogen) atoms. The third kappa shape index (κ3) is 6.10. The van der Waals surface area contributed by atoms with Crippen molar-refractivity contribution in [3.63, 3.8) is 0 Å². The van der Waals surface area contributed by atoms with E-state index in [4.69, 9.17) is 16.3 Å². The molecule has 7 nitrogen and oxygen atoms in total. The fraction of sp³-hybridized carbons (Fsp3) is 0.227. The van der Waals surface area contributed by atoms with Crippen LogP contribution in [0.1, 0.15) is 28.5 Å². The number of rotatable bonds is 9. The summed E-state index contributed by atoms with van der Waals surface area (Å²) >= 11 is 7.19. The number of aromatic nitrogens is 2. The molecule has 0 aliphatic heterocycles. The van der Waals surface area contributed by atoms with Crippen molar-refractivity contribution < 1.29 is 19.4 Å². The maximum Gasteiger partial charge on any atom is 0.340 e. The molecule has 0 unspecified atom stereocenters. The maximum absolute atomic E-state index is 12.5. The van der Waals surface area contributed by atoms with E-state index in [2.05, 4.69) is 10.3 Å². The molecule has 9 heteroatoms. The van der Waals surface area contributed by atoms with E-state index in [1.807, 2.05) is 16.7 Å². The van der Waals surface area contributed by atoms with Crippen LogP contribution in [0.4, 0.5) is 5.69 Å². The first-order valence-corrected chi connectivity index (χ1v) is 11.0. The number of thioether (sulfide) groups is 1. The van der Waals surface area contributed by atoms with Gasteiger partial charge in [-0.05, 0) is 36.8 Å². The zero-order valence-electron chi connectivity index (χ0n) is 16.9. The van der Waals surface area contributed by atoms with Crippen LogP contribution in [0.2, 0.25) is 5.02 Å². The summed E-state index contributed by atoms with van der Waals surface area (Å²) in [6, 6.07) is 14.1. The fourth-order valence-electron chi connectivity index (χ4n) is 2.87. The Balaban J connectivity index is 1.68. The molecular formula is C22H22ClN3O4S. The topological polar surface area (TPSA) is 93.4 Å². The van der Waals surface area contributed by atoms with Gasteiger partial charge in [0.2, 0.25) is 5.91 Å². The molecule has 0 aliphatic carbocycles. The Bertz CT molecular complexity index is 1050. The first kappa shape index (κ1) is 22.9. The van der Waals surface area contributed by atoms with Crippen LogP contribution >= 0.6 is 23.4 Å². The minimum absolute atomic E-state index is 0.0830. The normalized spacial score (nSPS) is 10.7. The van der Waals surface area contributed by atoms with Gasteiger partial charge in [0.15, 0.2) is 5.16 Å². The zero-order chi connectivity index (χ0) is 22.2. The number of nitrogens with zero attached hydrogens (tertiary/aromatic N) is 2. The average Bonchev–Trinajstić information content (AvgIpc) is 3.16. The van der Waals surface area contributed by atoms with Gasteiger partial charge in [-0.1, -0.05) is 47.6 Å². The molecule has 1 amide bonds. The van der Waals surface area contributed by atoms with Crippen LogP contribution in [-0.2, 0) is 22.7 Å². The molecule has 0 atom stereocenters. The minimum atomic E-state index is -0.489. The molecule has 3 aromatic rings. The van der Waals surface area contributed by atoms with Crippen molar-refractivity contribution in [1.29, 1.82) is 0 Å². The summed E-state index contributed by atoms with van der Waals surface area (Å²) in [6.07, 6.45) is 1.59. The first-order chi connectivity index (χ1) is 15.0. The van der Waals surface area contributed by atoms with Gasteiger partial charge in [-0.25, -0.2) is 9.78 Å². The maximum atomic E-state index is 12.5.